The predicted molar refractivity (Wildman–Crippen MR) is 90.1 cm³/mol. The van der Waals surface area contributed by atoms with E-state index in [0.29, 0.717) is 19.5 Å². The van der Waals surface area contributed by atoms with Crippen molar-refractivity contribution in [1.29, 1.82) is 0 Å². The Balaban J connectivity index is 1.73. The van der Waals surface area contributed by atoms with E-state index in [1.54, 1.807) is 4.90 Å². The van der Waals surface area contributed by atoms with Gasteiger partial charge in [-0.05, 0) is 31.5 Å². The summed E-state index contributed by atoms with van der Waals surface area (Å²) >= 11 is 0. The first kappa shape index (κ1) is 16.2. The van der Waals surface area contributed by atoms with Gasteiger partial charge in [0.2, 0.25) is 5.91 Å². The van der Waals surface area contributed by atoms with Crippen LogP contribution >= 0.6 is 0 Å². The monoisotopic (exact) mass is 327 g/mol. The van der Waals surface area contributed by atoms with Crippen molar-refractivity contribution in [3.63, 3.8) is 0 Å². The first-order chi connectivity index (χ1) is 11.5. The second-order valence-electron chi connectivity index (χ2n) is 6.26. The number of carboxylic acid groups (broad SMARTS) is 1. The Labute approximate surface area is 140 Å². The standard InChI is InChI=1S/C18H21N3O3/c1-12-9-13(2)21(19-12)8-7-17(22)20-11-14(10-18(23)24)15-5-3-4-6-16(15)20/h3-6,9,14H,7-8,10-11H2,1-2H3,(H,23,24). The van der Waals surface area contributed by atoms with Gasteiger partial charge in [0.1, 0.15) is 0 Å². The van der Waals surface area contributed by atoms with E-state index in [1.165, 1.54) is 0 Å². The smallest absolute Gasteiger partial charge is 0.304 e. The summed E-state index contributed by atoms with van der Waals surface area (Å²) in [5, 5.41) is 13.5. The minimum atomic E-state index is -0.841. The van der Waals surface area contributed by atoms with Crippen LogP contribution in [-0.2, 0) is 16.1 Å². The highest BCUT2D eigenvalue weighted by Crippen LogP contribution is 2.38. The van der Waals surface area contributed by atoms with Crippen molar-refractivity contribution < 1.29 is 14.7 Å². The molecule has 3 rings (SSSR count). The van der Waals surface area contributed by atoms with Gasteiger partial charge < -0.3 is 10.0 Å². The fraction of sp³-hybridized carbons (Fsp3) is 0.389. The molecule has 2 heterocycles. The van der Waals surface area contributed by atoms with Gasteiger partial charge >= 0.3 is 5.97 Å². The highest BCUT2D eigenvalue weighted by Gasteiger charge is 2.33. The van der Waals surface area contributed by atoms with Crippen LogP contribution in [0.25, 0.3) is 0 Å². The van der Waals surface area contributed by atoms with E-state index in [2.05, 4.69) is 5.10 Å². The molecule has 0 radical (unpaired) electrons. The molecule has 0 saturated heterocycles. The first-order valence-corrected chi connectivity index (χ1v) is 8.08. The van der Waals surface area contributed by atoms with Crippen LogP contribution in [0.1, 0.15) is 35.7 Å². The van der Waals surface area contributed by atoms with Crippen LogP contribution < -0.4 is 4.90 Å². The Hall–Kier alpha value is -2.63. The van der Waals surface area contributed by atoms with E-state index in [-0.39, 0.29) is 18.2 Å². The summed E-state index contributed by atoms with van der Waals surface area (Å²) in [5.74, 6) is -0.981. The molecular weight excluding hydrogens is 306 g/mol. The highest BCUT2D eigenvalue weighted by atomic mass is 16.4. The number of anilines is 1. The zero-order valence-corrected chi connectivity index (χ0v) is 13.9. The molecular formula is C18H21N3O3. The molecule has 1 aromatic heterocycles. The molecule has 0 fully saturated rings. The zero-order valence-electron chi connectivity index (χ0n) is 13.9. The normalized spacial score (nSPS) is 16.2. The van der Waals surface area contributed by atoms with Crippen molar-refractivity contribution in [2.45, 2.75) is 39.2 Å². The van der Waals surface area contributed by atoms with Crippen LogP contribution in [0.15, 0.2) is 30.3 Å². The SMILES string of the molecule is Cc1cc(C)n(CCC(=O)N2CC(CC(=O)O)c3ccccc32)n1. The number of carbonyl (C=O) groups excluding carboxylic acids is 1. The molecule has 1 amide bonds. The van der Waals surface area contributed by atoms with E-state index < -0.39 is 5.97 Å². The molecule has 1 aliphatic rings. The Morgan fingerprint density at radius 2 is 2.04 bits per heavy atom. The number of nitrogens with zero attached hydrogens (tertiary/aromatic N) is 3. The topological polar surface area (TPSA) is 75.4 Å². The van der Waals surface area contributed by atoms with Crippen LogP contribution in [0.2, 0.25) is 0 Å². The molecule has 1 unspecified atom stereocenters. The Kier molecular flexibility index (Phi) is 4.38. The van der Waals surface area contributed by atoms with E-state index in [1.807, 2.05) is 48.9 Å². The van der Waals surface area contributed by atoms with Crippen LogP contribution in [0, 0.1) is 13.8 Å². The minimum absolute atomic E-state index is 0.00268. The van der Waals surface area contributed by atoms with Gasteiger partial charge in [-0.1, -0.05) is 18.2 Å². The predicted octanol–water partition coefficient (Wildman–Crippen LogP) is 2.50. The van der Waals surface area contributed by atoms with Crippen molar-refractivity contribution in [3.05, 3.63) is 47.3 Å². The molecule has 126 valence electrons. The molecule has 1 aromatic carbocycles. The van der Waals surface area contributed by atoms with Gasteiger partial charge in [-0.15, -0.1) is 0 Å². The molecule has 2 aromatic rings. The lowest BCUT2D eigenvalue weighted by Crippen LogP contribution is -2.31. The first-order valence-electron chi connectivity index (χ1n) is 8.08. The van der Waals surface area contributed by atoms with Gasteiger partial charge in [0, 0.05) is 36.8 Å². The number of carboxylic acids is 1. The summed E-state index contributed by atoms with van der Waals surface area (Å²) < 4.78 is 1.84. The molecule has 6 nitrogen and oxygen atoms in total. The Morgan fingerprint density at radius 3 is 2.71 bits per heavy atom. The van der Waals surface area contributed by atoms with Crippen LogP contribution in [0.5, 0.6) is 0 Å². The highest BCUT2D eigenvalue weighted by molar-refractivity contribution is 5.96. The molecule has 1 aliphatic heterocycles. The van der Waals surface area contributed by atoms with Crippen LogP contribution in [-0.4, -0.2) is 33.3 Å². The van der Waals surface area contributed by atoms with Crippen molar-refractivity contribution in [2.24, 2.45) is 0 Å². The fourth-order valence-electron chi connectivity index (χ4n) is 3.35. The Morgan fingerprint density at radius 1 is 1.29 bits per heavy atom. The van der Waals surface area contributed by atoms with Crippen molar-refractivity contribution in [3.8, 4) is 0 Å². The number of aromatic nitrogens is 2. The largest absolute Gasteiger partial charge is 0.481 e. The lowest BCUT2D eigenvalue weighted by atomic mass is 9.98. The molecule has 24 heavy (non-hydrogen) atoms. The van der Waals surface area contributed by atoms with Crippen molar-refractivity contribution >= 4 is 17.6 Å². The van der Waals surface area contributed by atoms with E-state index in [0.717, 1.165) is 22.6 Å². The van der Waals surface area contributed by atoms with E-state index >= 15 is 0 Å². The van der Waals surface area contributed by atoms with Gasteiger partial charge in [0.25, 0.3) is 0 Å². The minimum Gasteiger partial charge on any atom is -0.481 e. The number of fused-ring (bicyclic) bond motifs is 1. The maximum atomic E-state index is 12.7. The third-order valence-corrected chi connectivity index (χ3v) is 4.43. The number of aryl methyl sites for hydroxylation is 3. The maximum absolute atomic E-state index is 12.7. The van der Waals surface area contributed by atoms with Gasteiger partial charge in [-0.3, -0.25) is 14.3 Å². The van der Waals surface area contributed by atoms with E-state index in [4.69, 9.17) is 5.11 Å². The summed E-state index contributed by atoms with van der Waals surface area (Å²) in [4.78, 5) is 25.5. The summed E-state index contributed by atoms with van der Waals surface area (Å²) in [6, 6.07) is 9.55. The van der Waals surface area contributed by atoms with Crippen LogP contribution in [0.4, 0.5) is 5.69 Å². The zero-order chi connectivity index (χ0) is 17.3. The quantitative estimate of drug-likeness (QED) is 0.915. The number of rotatable bonds is 5. The summed E-state index contributed by atoms with van der Waals surface area (Å²) in [7, 11) is 0. The molecule has 0 saturated carbocycles. The third-order valence-electron chi connectivity index (χ3n) is 4.43. The molecule has 1 N–H and O–H groups in total. The number of benzene rings is 1. The molecule has 0 bridgehead atoms. The lowest BCUT2D eigenvalue weighted by Gasteiger charge is -2.18. The average Bonchev–Trinajstić information content (AvgIpc) is 3.05. The lowest BCUT2D eigenvalue weighted by molar-refractivity contribution is -0.137. The van der Waals surface area contributed by atoms with Crippen molar-refractivity contribution in [2.75, 3.05) is 11.4 Å². The number of para-hydroxylation sites is 1. The Bertz CT molecular complexity index is 782. The van der Waals surface area contributed by atoms with Crippen LogP contribution in [0.3, 0.4) is 0 Å². The number of amides is 1. The van der Waals surface area contributed by atoms with Gasteiger partial charge in [-0.2, -0.15) is 5.10 Å². The number of aliphatic carboxylic acids is 1. The van der Waals surface area contributed by atoms with Gasteiger partial charge in [-0.25, -0.2) is 0 Å². The fourth-order valence-corrected chi connectivity index (χ4v) is 3.35. The second-order valence-corrected chi connectivity index (χ2v) is 6.26. The molecule has 0 aliphatic carbocycles. The van der Waals surface area contributed by atoms with Crippen molar-refractivity contribution in [1.82, 2.24) is 9.78 Å². The molecule has 1 atom stereocenters. The summed E-state index contributed by atoms with van der Waals surface area (Å²) in [6.45, 7) is 4.86. The maximum Gasteiger partial charge on any atom is 0.304 e. The van der Waals surface area contributed by atoms with Gasteiger partial charge in [0.15, 0.2) is 0 Å². The molecule has 0 spiro atoms. The summed E-state index contributed by atoms with van der Waals surface area (Å²) in [5.41, 5.74) is 3.75. The van der Waals surface area contributed by atoms with E-state index in [9.17, 15) is 9.59 Å². The number of hydrogen-bond acceptors (Lipinski definition) is 3. The molecule has 6 heteroatoms. The second kappa shape index (κ2) is 6.47. The number of hydrogen-bond donors (Lipinski definition) is 1. The average molecular weight is 327 g/mol. The summed E-state index contributed by atoms with van der Waals surface area (Å²) in [6.07, 6.45) is 0.383. The third kappa shape index (κ3) is 3.18. The number of carbonyl (C=O) groups is 2. The van der Waals surface area contributed by atoms with Gasteiger partial charge in [0.05, 0.1) is 12.1 Å².